The van der Waals surface area contributed by atoms with Crippen molar-refractivity contribution in [1.29, 1.82) is 0 Å². The van der Waals surface area contributed by atoms with Crippen LogP contribution in [0.1, 0.15) is 26.7 Å². The van der Waals surface area contributed by atoms with Gasteiger partial charge in [0.25, 0.3) is 0 Å². The molecule has 1 aliphatic heterocycles. The number of carbonyl (C=O) groups excluding carboxylic acids is 1. The third kappa shape index (κ3) is 2.69. The number of hydrogen-bond donors (Lipinski definition) is 0. The molecule has 76 valence electrons. The van der Waals surface area contributed by atoms with Crippen LogP contribution >= 0.6 is 0 Å². The summed E-state index contributed by atoms with van der Waals surface area (Å²) in [5.41, 5.74) is 0. The number of piperidine rings is 1. The molecule has 0 radical (unpaired) electrons. The molecule has 0 unspecified atom stereocenters. The van der Waals surface area contributed by atoms with Crippen LogP contribution in [0.25, 0.3) is 0 Å². The lowest BCUT2D eigenvalue weighted by molar-refractivity contribution is -0.147. The van der Waals surface area contributed by atoms with Gasteiger partial charge in [-0.05, 0) is 33.2 Å². The number of esters is 1. The van der Waals surface area contributed by atoms with E-state index in [0.717, 1.165) is 25.9 Å². The molecule has 1 saturated heterocycles. The zero-order chi connectivity index (χ0) is 9.84. The van der Waals surface area contributed by atoms with E-state index in [-0.39, 0.29) is 11.9 Å². The molecular formula is C10H19NO2. The molecule has 3 nitrogen and oxygen atoms in total. The molecule has 0 saturated carbocycles. The number of ether oxygens (including phenoxy) is 1. The van der Waals surface area contributed by atoms with Crippen molar-refractivity contribution in [2.75, 3.05) is 20.2 Å². The van der Waals surface area contributed by atoms with Crippen LogP contribution in [-0.2, 0) is 9.53 Å². The van der Waals surface area contributed by atoms with E-state index in [9.17, 15) is 4.79 Å². The first-order chi connectivity index (χ1) is 6.15. The van der Waals surface area contributed by atoms with Crippen LogP contribution in [0, 0.1) is 5.92 Å². The van der Waals surface area contributed by atoms with Gasteiger partial charge in [0.2, 0.25) is 0 Å². The summed E-state index contributed by atoms with van der Waals surface area (Å²) in [6, 6.07) is 0.535. The fourth-order valence-electron chi connectivity index (χ4n) is 1.83. The van der Waals surface area contributed by atoms with Crippen LogP contribution in [0.2, 0.25) is 0 Å². The first-order valence-corrected chi connectivity index (χ1v) is 4.97. The molecule has 0 aromatic carbocycles. The monoisotopic (exact) mass is 185 g/mol. The number of likely N-dealkylation sites (tertiary alicyclic amines) is 1. The highest BCUT2D eigenvalue weighted by Gasteiger charge is 2.27. The maximum atomic E-state index is 11.3. The average molecular weight is 185 g/mol. The zero-order valence-electron chi connectivity index (χ0n) is 8.75. The Labute approximate surface area is 80.1 Å². The summed E-state index contributed by atoms with van der Waals surface area (Å²) in [6.45, 7) is 6.31. The zero-order valence-corrected chi connectivity index (χ0v) is 8.75. The van der Waals surface area contributed by atoms with Crippen LogP contribution in [-0.4, -0.2) is 37.1 Å². The van der Waals surface area contributed by atoms with Crippen LogP contribution in [0.3, 0.4) is 0 Å². The first-order valence-electron chi connectivity index (χ1n) is 4.97. The highest BCUT2D eigenvalue weighted by atomic mass is 16.5. The average Bonchev–Trinajstić information content (AvgIpc) is 2.17. The maximum Gasteiger partial charge on any atom is 0.309 e. The largest absolute Gasteiger partial charge is 0.469 e. The summed E-state index contributed by atoms with van der Waals surface area (Å²) >= 11 is 0. The molecule has 1 heterocycles. The summed E-state index contributed by atoms with van der Waals surface area (Å²) in [5, 5.41) is 0. The molecule has 13 heavy (non-hydrogen) atoms. The summed E-state index contributed by atoms with van der Waals surface area (Å²) < 4.78 is 4.75. The summed E-state index contributed by atoms with van der Waals surface area (Å²) in [5.74, 6) is 0.0477. The Hall–Kier alpha value is -0.570. The van der Waals surface area contributed by atoms with E-state index < -0.39 is 0 Å². The minimum atomic E-state index is -0.0506. The highest BCUT2D eigenvalue weighted by Crippen LogP contribution is 2.19. The van der Waals surface area contributed by atoms with Crippen LogP contribution in [0.4, 0.5) is 0 Å². The van der Waals surface area contributed by atoms with E-state index in [1.54, 1.807) is 0 Å². The molecule has 0 amide bonds. The minimum absolute atomic E-state index is 0.0506. The van der Waals surface area contributed by atoms with Crippen molar-refractivity contribution in [3.63, 3.8) is 0 Å². The molecule has 1 rings (SSSR count). The van der Waals surface area contributed by atoms with Gasteiger partial charge in [0.1, 0.15) is 0 Å². The van der Waals surface area contributed by atoms with Gasteiger partial charge in [-0.2, -0.15) is 0 Å². The standard InChI is InChI=1S/C10H19NO2/c1-8(2)11-6-4-5-9(7-11)10(12)13-3/h8-9H,4-7H2,1-3H3/t9-/m1/s1. The van der Waals surface area contributed by atoms with Crippen molar-refractivity contribution in [3.05, 3.63) is 0 Å². The molecule has 0 spiro atoms. The van der Waals surface area contributed by atoms with E-state index >= 15 is 0 Å². The van der Waals surface area contributed by atoms with Crippen molar-refractivity contribution in [3.8, 4) is 0 Å². The normalized spacial score (nSPS) is 24.8. The molecule has 1 fully saturated rings. The van der Waals surface area contributed by atoms with Crippen molar-refractivity contribution in [2.24, 2.45) is 5.92 Å². The summed E-state index contributed by atoms with van der Waals surface area (Å²) in [4.78, 5) is 13.6. The van der Waals surface area contributed by atoms with Crippen molar-refractivity contribution in [2.45, 2.75) is 32.7 Å². The first kappa shape index (κ1) is 10.5. The Bertz CT molecular complexity index is 180. The fourth-order valence-corrected chi connectivity index (χ4v) is 1.83. The topological polar surface area (TPSA) is 29.5 Å². The predicted molar refractivity (Wildman–Crippen MR) is 51.4 cm³/mol. The van der Waals surface area contributed by atoms with Crippen LogP contribution in [0.15, 0.2) is 0 Å². The second kappa shape index (κ2) is 4.61. The predicted octanol–water partition coefficient (Wildman–Crippen LogP) is 1.28. The van der Waals surface area contributed by atoms with Gasteiger partial charge >= 0.3 is 5.97 Å². The maximum absolute atomic E-state index is 11.3. The van der Waals surface area contributed by atoms with Gasteiger partial charge in [0.05, 0.1) is 13.0 Å². The van der Waals surface area contributed by atoms with Gasteiger partial charge in [0.15, 0.2) is 0 Å². The molecule has 1 aliphatic rings. The van der Waals surface area contributed by atoms with Gasteiger partial charge in [-0.3, -0.25) is 4.79 Å². The van der Waals surface area contributed by atoms with Crippen molar-refractivity contribution < 1.29 is 9.53 Å². The molecule has 0 aromatic heterocycles. The molecule has 0 aromatic rings. The SMILES string of the molecule is COC(=O)[C@@H]1CCCN(C(C)C)C1. The highest BCUT2D eigenvalue weighted by molar-refractivity contribution is 5.72. The van der Waals surface area contributed by atoms with Gasteiger partial charge < -0.3 is 9.64 Å². The lowest BCUT2D eigenvalue weighted by Gasteiger charge is -2.34. The van der Waals surface area contributed by atoms with Crippen molar-refractivity contribution in [1.82, 2.24) is 4.90 Å². The summed E-state index contributed by atoms with van der Waals surface area (Å²) in [6.07, 6.45) is 2.09. The van der Waals surface area contributed by atoms with E-state index in [4.69, 9.17) is 4.74 Å². The Kier molecular flexibility index (Phi) is 3.72. The van der Waals surface area contributed by atoms with Gasteiger partial charge in [0, 0.05) is 12.6 Å². The van der Waals surface area contributed by atoms with Gasteiger partial charge in [-0.1, -0.05) is 0 Å². The lowest BCUT2D eigenvalue weighted by atomic mass is 9.97. The number of hydrogen-bond acceptors (Lipinski definition) is 3. The van der Waals surface area contributed by atoms with E-state index in [1.165, 1.54) is 7.11 Å². The molecular weight excluding hydrogens is 166 g/mol. The number of methoxy groups -OCH3 is 1. The number of carbonyl (C=O) groups is 1. The van der Waals surface area contributed by atoms with Crippen LogP contribution < -0.4 is 0 Å². The van der Waals surface area contributed by atoms with Gasteiger partial charge in [-0.15, -0.1) is 0 Å². The van der Waals surface area contributed by atoms with Crippen LogP contribution in [0.5, 0.6) is 0 Å². The molecule has 1 atom stereocenters. The molecule has 0 N–H and O–H groups in total. The lowest BCUT2D eigenvalue weighted by Crippen LogP contribution is -2.42. The van der Waals surface area contributed by atoms with Crippen molar-refractivity contribution >= 4 is 5.97 Å². The Morgan fingerprint density at radius 3 is 2.77 bits per heavy atom. The third-order valence-corrected chi connectivity index (χ3v) is 2.72. The molecule has 3 heteroatoms. The van der Waals surface area contributed by atoms with E-state index in [1.807, 2.05) is 0 Å². The van der Waals surface area contributed by atoms with E-state index in [0.29, 0.717) is 6.04 Å². The van der Waals surface area contributed by atoms with Gasteiger partial charge in [-0.25, -0.2) is 0 Å². The second-order valence-corrected chi connectivity index (χ2v) is 3.95. The molecule has 0 aliphatic carbocycles. The Morgan fingerprint density at radius 1 is 1.54 bits per heavy atom. The third-order valence-electron chi connectivity index (χ3n) is 2.72. The fraction of sp³-hybridized carbons (Fsp3) is 0.900. The molecule has 0 bridgehead atoms. The Balaban J connectivity index is 2.46. The number of rotatable bonds is 2. The quantitative estimate of drug-likeness (QED) is 0.607. The summed E-state index contributed by atoms with van der Waals surface area (Å²) in [7, 11) is 1.47. The minimum Gasteiger partial charge on any atom is -0.469 e. The van der Waals surface area contributed by atoms with E-state index in [2.05, 4.69) is 18.7 Å². The second-order valence-electron chi connectivity index (χ2n) is 3.95. The number of nitrogens with zero attached hydrogens (tertiary/aromatic N) is 1. The smallest absolute Gasteiger partial charge is 0.309 e. The Morgan fingerprint density at radius 2 is 2.23 bits per heavy atom.